The molecular weight excluding hydrogens is 418 g/mol. The summed E-state index contributed by atoms with van der Waals surface area (Å²) in [6.07, 6.45) is 5.84. The van der Waals surface area contributed by atoms with Crippen molar-refractivity contribution in [3.63, 3.8) is 0 Å². The molecule has 0 bridgehead atoms. The van der Waals surface area contributed by atoms with Crippen molar-refractivity contribution in [3.8, 4) is 0 Å². The Labute approximate surface area is 185 Å². The van der Waals surface area contributed by atoms with Crippen molar-refractivity contribution in [1.29, 1.82) is 0 Å². The normalized spacial score (nSPS) is 21.2. The molecule has 0 radical (unpaired) electrons. The van der Waals surface area contributed by atoms with Crippen LogP contribution in [-0.2, 0) is 4.74 Å². The Kier molecular flexibility index (Phi) is 6.25. The smallest absolute Gasteiger partial charge is 0.269 e. The molecule has 31 heavy (non-hydrogen) atoms. The van der Waals surface area contributed by atoms with E-state index >= 15 is 0 Å². The van der Waals surface area contributed by atoms with E-state index < -0.39 is 4.92 Å². The monoisotopic (exact) mass is 441 g/mol. The van der Waals surface area contributed by atoms with E-state index in [9.17, 15) is 14.9 Å². The van der Waals surface area contributed by atoms with Crippen LogP contribution in [0.15, 0.2) is 48.6 Å². The van der Waals surface area contributed by atoms with Crippen molar-refractivity contribution in [3.05, 3.63) is 80.4 Å². The molecule has 0 saturated heterocycles. The minimum atomic E-state index is -0.417. The molecule has 2 aromatic carbocycles. The zero-order valence-corrected chi connectivity index (χ0v) is 17.9. The van der Waals surface area contributed by atoms with Crippen LogP contribution in [-0.4, -0.2) is 31.1 Å². The van der Waals surface area contributed by atoms with E-state index in [4.69, 9.17) is 16.3 Å². The van der Waals surface area contributed by atoms with Crippen LogP contribution >= 0.6 is 11.6 Å². The number of hydrogen-bond acceptors (Lipinski definition) is 5. The average Bonchev–Trinajstić information content (AvgIpc) is 3.26. The van der Waals surface area contributed by atoms with Gasteiger partial charge in [0.25, 0.3) is 11.6 Å². The fourth-order valence-electron chi connectivity index (χ4n) is 4.52. The summed E-state index contributed by atoms with van der Waals surface area (Å²) >= 11 is 6.48. The first-order valence-electron chi connectivity index (χ1n) is 10.3. The van der Waals surface area contributed by atoms with E-state index in [1.165, 1.54) is 12.1 Å². The molecule has 2 N–H and O–H groups in total. The summed E-state index contributed by atoms with van der Waals surface area (Å²) < 4.78 is 5.04. The fraction of sp³-hybridized carbons (Fsp3) is 0.348. The maximum absolute atomic E-state index is 12.9. The lowest BCUT2D eigenvalue weighted by atomic mass is 9.76. The van der Waals surface area contributed by atoms with Crippen LogP contribution in [0, 0.1) is 16.0 Å². The Balaban J connectivity index is 1.70. The molecule has 8 heteroatoms. The molecule has 0 aromatic heterocycles. The van der Waals surface area contributed by atoms with Crippen LogP contribution in [0.3, 0.4) is 0 Å². The van der Waals surface area contributed by atoms with Gasteiger partial charge in [-0.05, 0) is 36.5 Å². The first kappa shape index (κ1) is 21.3. The van der Waals surface area contributed by atoms with E-state index in [0.29, 0.717) is 29.3 Å². The summed E-state index contributed by atoms with van der Waals surface area (Å²) in [5.41, 5.74) is 3.04. The Morgan fingerprint density at radius 3 is 2.94 bits per heavy atom. The van der Waals surface area contributed by atoms with Gasteiger partial charge in [-0.15, -0.1) is 0 Å². The molecule has 3 unspecified atom stereocenters. The molecule has 1 heterocycles. The van der Waals surface area contributed by atoms with E-state index in [0.717, 1.165) is 24.1 Å². The van der Waals surface area contributed by atoms with Gasteiger partial charge in [-0.2, -0.15) is 0 Å². The number of non-ortho nitro benzene ring substituents is 1. The van der Waals surface area contributed by atoms with Gasteiger partial charge < -0.3 is 15.4 Å². The highest BCUT2D eigenvalue weighted by atomic mass is 35.5. The SMILES string of the molecule is COCCCNC(=O)c1cccc2c1NC(c1cc([N+](=O)[O-])ccc1Cl)C1CC=CC21. The number of benzene rings is 2. The van der Waals surface area contributed by atoms with Gasteiger partial charge in [0.05, 0.1) is 22.2 Å². The second kappa shape index (κ2) is 9.08. The van der Waals surface area contributed by atoms with E-state index in [1.54, 1.807) is 19.2 Å². The van der Waals surface area contributed by atoms with Gasteiger partial charge in [0, 0.05) is 48.9 Å². The molecule has 2 aromatic rings. The lowest BCUT2D eigenvalue weighted by Gasteiger charge is -2.38. The Hall–Kier alpha value is -2.90. The first-order valence-corrected chi connectivity index (χ1v) is 10.7. The van der Waals surface area contributed by atoms with Crippen LogP contribution in [0.4, 0.5) is 11.4 Å². The number of carbonyl (C=O) groups is 1. The maximum atomic E-state index is 12.9. The second-order valence-electron chi connectivity index (χ2n) is 7.81. The van der Waals surface area contributed by atoms with Gasteiger partial charge in [-0.3, -0.25) is 14.9 Å². The molecule has 1 aliphatic heterocycles. The zero-order valence-electron chi connectivity index (χ0n) is 17.1. The Morgan fingerprint density at radius 2 is 2.16 bits per heavy atom. The van der Waals surface area contributed by atoms with Gasteiger partial charge in [-0.1, -0.05) is 35.9 Å². The number of rotatable bonds is 7. The summed E-state index contributed by atoms with van der Waals surface area (Å²) in [6, 6.07) is 9.99. The van der Waals surface area contributed by atoms with Crippen molar-refractivity contribution >= 4 is 28.9 Å². The van der Waals surface area contributed by atoms with E-state index in [-0.39, 0.29) is 29.5 Å². The molecule has 3 atom stereocenters. The number of nitrogens with zero attached hydrogens (tertiary/aromatic N) is 1. The number of carbonyl (C=O) groups excluding carboxylic acids is 1. The number of methoxy groups -OCH3 is 1. The summed E-state index contributed by atoms with van der Waals surface area (Å²) in [5, 5.41) is 18.3. The third-order valence-corrected chi connectivity index (χ3v) is 6.32. The highest BCUT2D eigenvalue weighted by molar-refractivity contribution is 6.31. The quantitative estimate of drug-likeness (QED) is 0.277. The largest absolute Gasteiger partial charge is 0.385 e. The number of nitro groups is 1. The van der Waals surface area contributed by atoms with Crippen LogP contribution < -0.4 is 10.6 Å². The first-order chi connectivity index (χ1) is 15.0. The summed E-state index contributed by atoms with van der Waals surface area (Å²) in [4.78, 5) is 23.8. The highest BCUT2D eigenvalue weighted by Crippen LogP contribution is 2.51. The number of fused-ring (bicyclic) bond motifs is 3. The fourth-order valence-corrected chi connectivity index (χ4v) is 4.75. The van der Waals surface area contributed by atoms with Crippen molar-refractivity contribution in [2.75, 3.05) is 25.6 Å². The zero-order chi connectivity index (χ0) is 22.0. The topological polar surface area (TPSA) is 93.5 Å². The maximum Gasteiger partial charge on any atom is 0.269 e. The number of nitro benzene ring substituents is 1. The lowest BCUT2D eigenvalue weighted by molar-refractivity contribution is -0.384. The molecule has 2 aliphatic rings. The lowest BCUT2D eigenvalue weighted by Crippen LogP contribution is -2.32. The molecule has 1 aliphatic carbocycles. The molecule has 4 rings (SSSR count). The molecule has 0 saturated carbocycles. The number of anilines is 1. The minimum absolute atomic E-state index is 0.00123. The number of ether oxygens (including phenoxy) is 1. The molecule has 162 valence electrons. The molecule has 0 fully saturated rings. The average molecular weight is 442 g/mol. The third kappa shape index (κ3) is 4.16. The van der Waals surface area contributed by atoms with Crippen molar-refractivity contribution in [2.24, 2.45) is 5.92 Å². The highest BCUT2D eigenvalue weighted by Gasteiger charge is 2.40. The Bertz CT molecular complexity index is 1040. The van der Waals surface area contributed by atoms with Crippen molar-refractivity contribution in [1.82, 2.24) is 5.32 Å². The Morgan fingerprint density at radius 1 is 1.32 bits per heavy atom. The predicted molar refractivity (Wildman–Crippen MR) is 120 cm³/mol. The van der Waals surface area contributed by atoms with Crippen LogP contribution in [0.25, 0.3) is 0 Å². The number of nitrogens with one attached hydrogen (secondary N) is 2. The van der Waals surface area contributed by atoms with Crippen molar-refractivity contribution < 1.29 is 14.5 Å². The standard InChI is InChI=1S/C23H24ClN3O4/c1-31-12-4-11-25-23(28)18-8-3-7-16-15-5-2-6-17(15)22(26-21(16)18)19-13-14(27(29)30)9-10-20(19)24/h2-3,5,7-10,13,15,17,22,26H,4,6,11-12H2,1H3,(H,25,28). The molecular formula is C23H24ClN3O4. The van der Waals surface area contributed by atoms with Gasteiger partial charge in [0.15, 0.2) is 0 Å². The van der Waals surface area contributed by atoms with Crippen LogP contribution in [0.5, 0.6) is 0 Å². The number of para-hydroxylation sites is 1. The van der Waals surface area contributed by atoms with Gasteiger partial charge in [0.1, 0.15) is 0 Å². The number of hydrogen-bond donors (Lipinski definition) is 2. The summed E-state index contributed by atoms with van der Waals surface area (Å²) in [7, 11) is 1.63. The third-order valence-electron chi connectivity index (χ3n) is 5.98. The van der Waals surface area contributed by atoms with E-state index in [2.05, 4.69) is 22.8 Å². The number of amides is 1. The van der Waals surface area contributed by atoms with Gasteiger partial charge in [0.2, 0.25) is 0 Å². The number of halogens is 1. The van der Waals surface area contributed by atoms with Gasteiger partial charge in [-0.25, -0.2) is 0 Å². The second-order valence-corrected chi connectivity index (χ2v) is 8.22. The summed E-state index contributed by atoms with van der Waals surface area (Å²) in [5.74, 6) is 0.106. The molecule has 7 nitrogen and oxygen atoms in total. The van der Waals surface area contributed by atoms with Crippen LogP contribution in [0.2, 0.25) is 5.02 Å². The predicted octanol–water partition coefficient (Wildman–Crippen LogP) is 4.84. The van der Waals surface area contributed by atoms with Crippen molar-refractivity contribution in [2.45, 2.75) is 24.8 Å². The van der Waals surface area contributed by atoms with Crippen LogP contribution in [0.1, 0.15) is 46.3 Å². The molecule has 0 spiro atoms. The minimum Gasteiger partial charge on any atom is -0.385 e. The van der Waals surface area contributed by atoms with E-state index in [1.807, 2.05) is 12.1 Å². The molecule has 1 amide bonds. The number of allylic oxidation sites excluding steroid dienone is 2. The summed E-state index contributed by atoms with van der Waals surface area (Å²) in [6.45, 7) is 1.09. The van der Waals surface area contributed by atoms with Gasteiger partial charge >= 0.3 is 0 Å².